The Morgan fingerprint density at radius 2 is 1.38 bits per heavy atom. The minimum atomic E-state index is 0. The molecule has 7 heteroatoms. The van der Waals surface area contributed by atoms with E-state index >= 15 is 0 Å². The lowest BCUT2D eigenvalue weighted by molar-refractivity contribution is 0.285. The number of nitrogens with one attached hydrogen (secondary N) is 1. The Balaban J connectivity index is 0.00000363. The van der Waals surface area contributed by atoms with Crippen molar-refractivity contribution in [2.45, 2.75) is 12.8 Å². The SMILES string of the molecule is Br.N=C(N)SCCCCOc1nc(/C=C/c2ccccc2)cc(/C=C/c2ccccc2)n1. The third-order valence-corrected chi connectivity index (χ3v) is 5.07. The number of ether oxygens (including phenoxy) is 1. The van der Waals surface area contributed by atoms with Gasteiger partial charge in [-0.2, -0.15) is 9.97 Å². The van der Waals surface area contributed by atoms with Gasteiger partial charge in [0.25, 0.3) is 0 Å². The molecule has 3 aromatic rings. The first kappa shape index (κ1) is 25.4. The van der Waals surface area contributed by atoms with E-state index in [2.05, 4.69) is 9.97 Å². The van der Waals surface area contributed by atoms with Crippen LogP contribution < -0.4 is 10.5 Å². The van der Waals surface area contributed by atoms with Gasteiger partial charge in [-0.25, -0.2) is 0 Å². The van der Waals surface area contributed by atoms with E-state index in [-0.39, 0.29) is 22.1 Å². The largest absolute Gasteiger partial charge is 0.463 e. The van der Waals surface area contributed by atoms with Crippen molar-refractivity contribution in [3.63, 3.8) is 0 Å². The number of hydrogen-bond donors (Lipinski definition) is 2. The van der Waals surface area contributed by atoms with Crippen LogP contribution in [-0.4, -0.2) is 27.5 Å². The molecule has 0 aliphatic heterocycles. The molecule has 5 nitrogen and oxygen atoms in total. The second kappa shape index (κ2) is 14.2. The van der Waals surface area contributed by atoms with Crippen molar-refractivity contribution in [1.82, 2.24) is 9.97 Å². The summed E-state index contributed by atoms with van der Waals surface area (Å²) in [4.78, 5) is 9.07. The van der Waals surface area contributed by atoms with Crippen LogP contribution in [0.15, 0.2) is 66.7 Å². The highest BCUT2D eigenvalue weighted by molar-refractivity contribution is 8.93. The molecule has 0 bridgehead atoms. The van der Waals surface area contributed by atoms with Crippen LogP contribution in [0.2, 0.25) is 0 Å². The molecule has 2 aromatic carbocycles. The van der Waals surface area contributed by atoms with Crippen LogP contribution in [0.3, 0.4) is 0 Å². The minimum Gasteiger partial charge on any atom is -0.463 e. The number of nitrogens with two attached hydrogens (primary N) is 1. The van der Waals surface area contributed by atoms with E-state index in [1.807, 2.05) is 91.0 Å². The summed E-state index contributed by atoms with van der Waals surface area (Å²) >= 11 is 1.35. The molecule has 0 radical (unpaired) electrons. The number of halogens is 1. The molecule has 0 spiro atoms. The van der Waals surface area contributed by atoms with Gasteiger partial charge < -0.3 is 10.5 Å². The molecule has 0 unspecified atom stereocenters. The van der Waals surface area contributed by atoms with Crippen LogP contribution in [0.1, 0.15) is 35.4 Å². The fraction of sp³-hybridized carbons (Fsp3) is 0.160. The van der Waals surface area contributed by atoms with Crippen molar-refractivity contribution >= 4 is 58.2 Å². The Kier molecular flexibility index (Phi) is 11.3. The van der Waals surface area contributed by atoms with Crippen LogP contribution in [0.4, 0.5) is 0 Å². The molecule has 0 saturated carbocycles. The van der Waals surface area contributed by atoms with E-state index < -0.39 is 0 Å². The maximum absolute atomic E-state index is 7.24. The maximum Gasteiger partial charge on any atom is 0.317 e. The first-order valence-electron chi connectivity index (χ1n) is 10.1. The lowest BCUT2D eigenvalue weighted by Crippen LogP contribution is -2.06. The number of amidine groups is 1. The number of nitrogens with zero attached hydrogens (tertiary/aromatic N) is 2. The van der Waals surface area contributed by atoms with Gasteiger partial charge in [-0.05, 0) is 42.2 Å². The summed E-state index contributed by atoms with van der Waals surface area (Å²) in [6, 6.07) is 22.5. The highest BCUT2D eigenvalue weighted by Gasteiger charge is 2.03. The van der Waals surface area contributed by atoms with E-state index in [1.54, 1.807) is 0 Å². The Bertz CT molecular complexity index is 959. The summed E-state index contributed by atoms with van der Waals surface area (Å²) in [6.45, 7) is 0.520. The molecule has 0 aliphatic rings. The summed E-state index contributed by atoms with van der Waals surface area (Å²) in [6.07, 6.45) is 9.74. The number of rotatable bonds is 10. The summed E-state index contributed by atoms with van der Waals surface area (Å²) in [7, 11) is 0. The molecule has 0 saturated heterocycles. The van der Waals surface area contributed by atoms with E-state index in [9.17, 15) is 0 Å². The molecule has 0 aliphatic carbocycles. The van der Waals surface area contributed by atoms with Crippen molar-refractivity contribution in [3.8, 4) is 6.01 Å². The zero-order valence-electron chi connectivity index (χ0n) is 17.7. The zero-order valence-corrected chi connectivity index (χ0v) is 20.2. The van der Waals surface area contributed by atoms with Crippen LogP contribution in [-0.2, 0) is 0 Å². The Labute approximate surface area is 204 Å². The molecule has 0 amide bonds. The fourth-order valence-corrected chi connectivity index (χ4v) is 3.31. The maximum atomic E-state index is 7.24. The highest BCUT2D eigenvalue weighted by Crippen LogP contribution is 2.15. The number of thioether (sulfide) groups is 1. The van der Waals surface area contributed by atoms with E-state index in [0.29, 0.717) is 12.6 Å². The zero-order chi connectivity index (χ0) is 21.7. The fourth-order valence-electron chi connectivity index (χ4n) is 2.74. The summed E-state index contributed by atoms with van der Waals surface area (Å²) < 4.78 is 5.81. The summed E-state index contributed by atoms with van der Waals surface area (Å²) in [5.74, 6) is 0.810. The molecule has 32 heavy (non-hydrogen) atoms. The van der Waals surface area contributed by atoms with E-state index in [1.165, 1.54) is 11.8 Å². The Morgan fingerprint density at radius 3 is 1.88 bits per heavy atom. The number of aromatic nitrogens is 2. The van der Waals surface area contributed by atoms with Crippen molar-refractivity contribution in [2.24, 2.45) is 5.73 Å². The topological polar surface area (TPSA) is 84.9 Å². The van der Waals surface area contributed by atoms with Gasteiger partial charge in [0.15, 0.2) is 5.17 Å². The van der Waals surface area contributed by atoms with Gasteiger partial charge in [0.05, 0.1) is 18.0 Å². The normalized spacial score (nSPS) is 10.9. The summed E-state index contributed by atoms with van der Waals surface area (Å²) in [5.41, 5.74) is 9.14. The monoisotopic (exact) mass is 510 g/mol. The average molecular weight is 511 g/mol. The molecule has 3 rings (SSSR count). The highest BCUT2D eigenvalue weighted by atomic mass is 79.9. The second-order valence-electron chi connectivity index (χ2n) is 6.76. The average Bonchev–Trinajstić information content (AvgIpc) is 2.80. The lowest BCUT2D eigenvalue weighted by atomic mass is 10.2. The molecular weight excluding hydrogens is 484 g/mol. The van der Waals surface area contributed by atoms with Gasteiger partial charge in [0.1, 0.15) is 0 Å². The van der Waals surface area contributed by atoms with Crippen LogP contribution >= 0.6 is 28.7 Å². The molecule has 0 fully saturated rings. The van der Waals surface area contributed by atoms with Gasteiger partial charge in [-0.15, -0.1) is 17.0 Å². The molecule has 0 atom stereocenters. The first-order valence-corrected chi connectivity index (χ1v) is 11.1. The predicted molar refractivity (Wildman–Crippen MR) is 142 cm³/mol. The molecule has 1 aromatic heterocycles. The van der Waals surface area contributed by atoms with Crippen LogP contribution in [0.25, 0.3) is 24.3 Å². The third-order valence-electron chi connectivity index (χ3n) is 4.26. The van der Waals surface area contributed by atoms with E-state index in [4.69, 9.17) is 15.9 Å². The van der Waals surface area contributed by atoms with Gasteiger partial charge >= 0.3 is 6.01 Å². The Morgan fingerprint density at radius 1 is 0.844 bits per heavy atom. The second-order valence-corrected chi connectivity index (χ2v) is 7.89. The Hall–Kier alpha value is -2.90. The summed E-state index contributed by atoms with van der Waals surface area (Å²) in [5, 5.41) is 7.39. The van der Waals surface area contributed by atoms with Gasteiger partial charge in [0.2, 0.25) is 0 Å². The van der Waals surface area contributed by atoms with Crippen molar-refractivity contribution in [1.29, 1.82) is 5.41 Å². The number of benzene rings is 2. The predicted octanol–water partition coefficient (Wildman–Crippen LogP) is 6.18. The molecular formula is C25H27BrN4OS. The van der Waals surface area contributed by atoms with Crippen molar-refractivity contribution < 1.29 is 4.74 Å². The molecule has 166 valence electrons. The minimum absolute atomic E-state index is 0. The van der Waals surface area contributed by atoms with Crippen LogP contribution in [0, 0.1) is 5.41 Å². The van der Waals surface area contributed by atoms with Crippen molar-refractivity contribution in [2.75, 3.05) is 12.4 Å². The quantitative estimate of drug-likeness (QED) is 0.193. The van der Waals surface area contributed by atoms with Crippen LogP contribution in [0.5, 0.6) is 6.01 Å². The lowest BCUT2D eigenvalue weighted by Gasteiger charge is -2.06. The smallest absolute Gasteiger partial charge is 0.317 e. The first-order chi connectivity index (χ1) is 15.2. The van der Waals surface area contributed by atoms with Gasteiger partial charge in [-0.3, -0.25) is 5.41 Å². The third kappa shape index (κ3) is 9.49. The molecule has 3 N–H and O–H groups in total. The number of hydrogen-bond acceptors (Lipinski definition) is 5. The molecule has 1 heterocycles. The van der Waals surface area contributed by atoms with Gasteiger partial charge in [-0.1, -0.05) is 84.6 Å². The van der Waals surface area contributed by atoms with Gasteiger partial charge in [0, 0.05) is 5.75 Å². The standard InChI is InChI=1S/C25H26N4OS.BrH/c26-24(27)31-18-8-7-17-30-25-28-22(15-13-20-9-3-1-4-10-20)19-23(29-25)16-14-21-11-5-2-6-12-21;/h1-6,9-16,19H,7-8,17-18H2,(H3,26,27);1H/b15-13+,16-14+;. The number of unbranched alkanes of at least 4 members (excludes halogenated alkanes) is 1. The van der Waals surface area contributed by atoms with E-state index in [0.717, 1.165) is 41.1 Å². The van der Waals surface area contributed by atoms with Crippen molar-refractivity contribution in [3.05, 3.63) is 89.2 Å².